The number of nitrogens with one attached hydrogen (secondary N) is 1. The number of H-pyrrole nitrogens is 1. The lowest BCUT2D eigenvalue weighted by atomic mass is 9.89. The first-order chi connectivity index (χ1) is 12.5. The van der Waals surface area contributed by atoms with Crippen molar-refractivity contribution in [1.29, 1.82) is 0 Å². The van der Waals surface area contributed by atoms with Crippen LogP contribution in [0.2, 0.25) is 0 Å². The van der Waals surface area contributed by atoms with E-state index in [2.05, 4.69) is 48.3 Å². The van der Waals surface area contributed by atoms with Gasteiger partial charge >= 0.3 is 0 Å². The van der Waals surface area contributed by atoms with E-state index < -0.39 is 6.04 Å². The number of halogens is 2. The summed E-state index contributed by atoms with van der Waals surface area (Å²) in [5.41, 5.74) is 3.31. The molecule has 2 aliphatic rings. The molecule has 1 saturated heterocycles. The number of likely N-dealkylation sites (N-methyl/N-ethyl adjacent to an activating group) is 1. The van der Waals surface area contributed by atoms with Gasteiger partial charge in [0.25, 0.3) is 0 Å². The molecule has 7 heteroatoms. The van der Waals surface area contributed by atoms with Crippen molar-refractivity contribution >= 4 is 59.9 Å². The van der Waals surface area contributed by atoms with E-state index in [4.69, 9.17) is 0 Å². The summed E-state index contributed by atoms with van der Waals surface area (Å²) in [6.07, 6.45) is 0.589. The van der Waals surface area contributed by atoms with E-state index in [0.29, 0.717) is 6.42 Å². The van der Waals surface area contributed by atoms with Crippen molar-refractivity contribution in [2.24, 2.45) is 0 Å². The van der Waals surface area contributed by atoms with Crippen LogP contribution in [0.25, 0.3) is 10.9 Å². The molecular weight excluding hydrogens is 556 g/mol. The van der Waals surface area contributed by atoms with E-state index in [1.54, 1.807) is 23.8 Å². The highest BCUT2D eigenvalue weighted by Crippen LogP contribution is 2.39. The number of carbonyl (C=O) groups is 2. The van der Waals surface area contributed by atoms with Crippen LogP contribution in [0.1, 0.15) is 45.0 Å². The van der Waals surface area contributed by atoms with Gasteiger partial charge in [-0.25, -0.2) is 0 Å². The first-order valence-corrected chi connectivity index (χ1v) is 15.1. The van der Waals surface area contributed by atoms with E-state index >= 15 is 0 Å². The minimum atomic E-state index is -0.392. The monoisotopic (exact) mass is 581 g/mol. The maximum Gasteiger partial charge on any atom is 0.246 e. The third-order valence-corrected chi connectivity index (χ3v) is 5.24. The molecule has 142 valence electrons. The molecule has 0 radical (unpaired) electrons. The zero-order valence-corrected chi connectivity index (χ0v) is 20.0. The molecule has 0 bridgehead atoms. The number of para-hydroxylation sites is 1. The summed E-state index contributed by atoms with van der Waals surface area (Å²) >= 11 is 4.24. The molecule has 3 heterocycles. The first kappa shape index (κ1) is 21.5. The predicted octanol–water partition coefficient (Wildman–Crippen LogP) is 4.64. The first-order valence-electron chi connectivity index (χ1n) is 8.83. The lowest BCUT2D eigenvalue weighted by Gasteiger charge is -2.47. The molecule has 0 aliphatic carbocycles. The van der Waals surface area contributed by atoms with Crippen LogP contribution in [-0.4, -0.2) is 45.7 Å². The Kier molecular flexibility index (Phi) is 7.35. The van der Waals surface area contributed by atoms with Crippen molar-refractivity contribution in [1.82, 2.24) is 14.8 Å². The van der Waals surface area contributed by atoms with Crippen LogP contribution in [0.5, 0.6) is 0 Å². The van der Waals surface area contributed by atoms with Gasteiger partial charge in [-0.3, -0.25) is 9.59 Å². The van der Waals surface area contributed by atoms with Crippen molar-refractivity contribution in [2.45, 2.75) is 52.2 Å². The summed E-state index contributed by atoms with van der Waals surface area (Å²) in [7, 11) is 1.72. The molecule has 2 aliphatic heterocycles. The minimum absolute atomic E-state index is 0.0314. The van der Waals surface area contributed by atoms with Gasteiger partial charge < -0.3 is 14.8 Å². The van der Waals surface area contributed by atoms with Gasteiger partial charge in [0, 0.05) is 67.3 Å². The van der Waals surface area contributed by atoms with E-state index in [-0.39, 0.29) is 23.9 Å². The highest BCUT2D eigenvalue weighted by Gasteiger charge is 2.48. The SMILES string of the molecule is CC.CC1C(=O)N2C(Cc3c([nH]c4ccccc34)C2C)C(=O)N1C.II. The smallest absolute Gasteiger partial charge is 0.246 e. The van der Waals surface area contributed by atoms with E-state index in [0.717, 1.165) is 16.6 Å². The van der Waals surface area contributed by atoms with E-state index in [9.17, 15) is 9.59 Å². The van der Waals surface area contributed by atoms with Crippen LogP contribution in [0.15, 0.2) is 24.3 Å². The van der Waals surface area contributed by atoms with Gasteiger partial charge in [0.05, 0.1) is 6.04 Å². The molecule has 0 spiro atoms. The minimum Gasteiger partial charge on any atom is -0.356 e. The van der Waals surface area contributed by atoms with Crippen LogP contribution in [0.4, 0.5) is 0 Å². The maximum atomic E-state index is 12.7. The van der Waals surface area contributed by atoms with Gasteiger partial charge in [-0.2, -0.15) is 0 Å². The number of aromatic amines is 1. The molecule has 3 unspecified atom stereocenters. The van der Waals surface area contributed by atoms with Crippen LogP contribution in [0.3, 0.4) is 0 Å². The Bertz CT molecular complexity index is 805. The van der Waals surface area contributed by atoms with Crippen molar-refractivity contribution in [3.8, 4) is 0 Å². The summed E-state index contributed by atoms with van der Waals surface area (Å²) in [4.78, 5) is 32.1. The Morgan fingerprint density at radius 3 is 2.31 bits per heavy atom. The number of piperazine rings is 1. The summed E-state index contributed by atoms with van der Waals surface area (Å²) in [6.45, 7) is 7.80. The normalized spacial score (nSPS) is 24.2. The molecule has 1 fully saturated rings. The lowest BCUT2D eigenvalue weighted by molar-refractivity contribution is -0.162. The largest absolute Gasteiger partial charge is 0.356 e. The summed E-state index contributed by atoms with van der Waals surface area (Å²) in [6, 6.07) is 7.25. The molecule has 3 atom stereocenters. The molecule has 1 N–H and O–H groups in total. The quantitative estimate of drug-likeness (QED) is 0.462. The number of carbonyl (C=O) groups excluding carboxylic acids is 2. The van der Waals surface area contributed by atoms with Gasteiger partial charge in [-0.1, -0.05) is 32.0 Å². The number of rotatable bonds is 0. The Morgan fingerprint density at radius 2 is 1.65 bits per heavy atom. The zero-order chi connectivity index (χ0) is 19.6. The zero-order valence-electron chi connectivity index (χ0n) is 15.7. The molecule has 2 aromatic rings. The second kappa shape index (κ2) is 8.90. The van der Waals surface area contributed by atoms with E-state index in [1.165, 1.54) is 5.56 Å². The topological polar surface area (TPSA) is 56.4 Å². The van der Waals surface area contributed by atoms with Crippen LogP contribution < -0.4 is 0 Å². The number of hydrogen-bond donors (Lipinski definition) is 1. The Morgan fingerprint density at radius 1 is 1.04 bits per heavy atom. The van der Waals surface area contributed by atoms with E-state index in [1.807, 2.05) is 39.0 Å². The van der Waals surface area contributed by atoms with Crippen molar-refractivity contribution in [3.05, 3.63) is 35.5 Å². The van der Waals surface area contributed by atoms with Gasteiger partial charge in [0.2, 0.25) is 11.8 Å². The van der Waals surface area contributed by atoms with Gasteiger partial charge in [-0.15, -0.1) is 0 Å². The Balaban J connectivity index is 0.000000570. The molecular formula is C19H25I2N3O2. The summed E-state index contributed by atoms with van der Waals surface area (Å²) < 4.78 is 0. The Labute approximate surface area is 178 Å². The van der Waals surface area contributed by atoms with Crippen LogP contribution >= 0.6 is 37.2 Å². The molecule has 5 nitrogen and oxygen atoms in total. The second-order valence-corrected chi connectivity index (χ2v) is 6.33. The number of amides is 2. The number of benzene rings is 1. The van der Waals surface area contributed by atoms with Crippen molar-refractivity contribution < 1.29 is 9.59 Å². The summed E-state index contributed by atoms with van der Waals surface area (Å²) in [5.74, 6) is 0.0683. The molecule has 1 aromatic carbocycles. The number of nitrogens with zero attached hydrogens (tertiary/aromatic N) is 2. The third-order valence-electron chi connectivity index (χ3n) is 5.24. The van der Waals surface area contributed by atoms with Gasteiger partial charge in [0.15, 0.2) is 0 Å². The number of aromatic nitrogens is 1. The fraction of sp³-hybridized carbons (Fsp3) is 0.474. The predicted molar refractivity (Wildman–Crippen MR) is 123 cm³/mol. The Hall–Kier alpha value is -0.840. The highest BCUT2D eigenvalue weighted by molar-refractivity contribution is 15.0. The van der Waals surface area contributed by atoms with Crippen molar-refractivity contribution in [2.75, 3.05) is 7.05 Å². The van der Waals surface area contributed by atoms with Crippen LogP contribution in [0, 0.1) is 0 Å². The highest BCUT2D eigenvalue weighted by atomic mass is 128. The van der Waals surface area contributed by atoms with Gasteiger partial charge in [0.1, 0.15) is 12.1 Å². The maximum absolute atomic E-state index is 12.7. The van der Waals surface area contributed by atoms with Gasteiger partial charge in [-0.05, 0) is 25.5 Å². The number of hydrogen-bond acceptors (Lipinski definition) is 2. The fourth-order valence-corrected chi connectivity index (χ4v) is 3.86. The molecule has 26 heavy (non-hydrogen) atoms. The molecule has 2 amide bonds. The molecule has 4 rings (SSSR count). The number of fused-ring (bicyclic) bond motifs is 4. The molecule has 1 aromatic heterocycles. The summed E-state index contributed by atoms with van der Waals surface area (Å²) in [5, 5.41) is 1.16. The average Bonchev–Trinajstić information content (AvgIpc) is 3.07. The van der Waals surface area contributed by atoms with Crippen LogP contribution in [-0.2, 0) is 16.0 Å². The van der Waals surface area contributed by atoms with Crippen molar-refractivity contribution in [3.63, 3.8) is 0 Å². The third kappa shape index (κ3) is 3.36. The molecule has 0 saturated carbocycles. The second-order valence-electron chi connectivity index (χ2n) is 6.33. The standard InChI is InChI=1S/C17H19N3O2.C2H6.I2/c1-9-15-12(11-6-4-5-7-13(11)18-15)8-14-17(22)19(3)10(2)16(21)20(9)14;2*1-2/h4-7,9-10,14,18H,8H2,1-3H3;1-2H3;. The lowest BCUT2D eigenvalue weighted by Crippen LogP contribution is -2.64. The average molecular weight is 581 g/mol. The fourth-order valence-electron chi connectivity index (χ4n) is 3.86.